The Morgan fingerprint density at radius 3 is 2.33 bits per heavy atom. The van der Waals surface area contributed by atoms with Crippen molar-refractivity contribution >= 4 is 15.9 Å². The van der Waals surface area contributed by atoms with Crippen molar-refractivity contribution in [3.63, 3.8) is 0 Å². The van der Waals surface area contributed by atoms with Gasteiger partial charge in [-0.2, -0.15) is 0 Å². The quantitative estimate of drug-likeness (QED) is 0.936. The third-order valence-electron chi connectivity index (χ3n) is 2.53. The molecule has 2 aromatic rings. The molecule has 0 aromatic heterocycles. The molecule has 0 radical (unpaired) electrons. The number of ether oxygens (including phenoxy) is 2. The Bertz CT molecular complexity index is 526. The van der Waals surface area contributed by atoms with Crippen LogP contribution in [0.15, 0.2) is 46.9 Å². The molecule has 94 valence electrons. The van der Waals surface area contributed by atoms with Crippen LogP contribution in [0, 0.1) is 0 Å². The molecule has 0 fully saturated rings. The first-order valence-electron chi connectivity index (χ1n) is 5.53. The topological polar surface area (TPSA) is 44.5 Å². The lowest BCUT2D eigenvalue weighted by molar-refractivity contribution is 0.412. The molecule has 0 aliphatic carbocycles. The molecule has 0 saturated heterocycles. The highest BCUT2D eigenvalue weighted by molar-refractivity contribution is 9.10. The number of halogens is 1. The lowest BCUT2D eigenvalue weighted by Crippen LogP contribution is -1.99. The summed E-state index contributed by atoms with van der Waals surface area (Å²) < 4.78 is 11.9. The summed E-state index contributed by atoms with van der Waals surface area (Å²) in [6.45, 7) is 0.435. The fourth-order valence-electron chi connectivity index (χ4n) is 1.58. The molecule has 0 amide bonds. The van der Waals surface area contributed by atoms with Gasteiger partial charge in [0.15, 0.2) is 0 Å². The maximum Gasteiger partial charge on any atom is 0.131 e. The molecule has 0 heterocycles. The van der Waals surface area contributed by atoms with E-state index in [9.17, 15) is 0 Å². The van der Waals surface area contributed by atoms with E-state index in [4.69, 9.17) is 15.2 Å². The van der Waals surface area contributed by atoms with E-state index in [1.54, 1.807) is 7.11 Å². The van der Waals surface area contributed by atoms with Gasteiger partial charge in [-0.15, -0.1) is 0 Å². The van der Waals surface area contributed by atoms with Crippen LogP contribution >= 0.6 is 15.9 Å². The highest BCUT2D eigenvalue weighted by atomic mass is 79.9. The van der Waals surface area contributed by atoms with Crippen molar-refractivity contribution in [3.8, 4) is 17.2 Å². The number of hydrogen-bond acceptors (Lipinski definition) is 3. The Labute approximate surface area is 115 Å². The van der Waals surface area contributed by atoms with Gasteiger partial charge in [-0.1, -0.05) is 15.9 Å². The normalized spacial score (nSPS) is 10.2. The first kappa shape index (κ1) is 12.9. The largest absolute Gasteiger partial charge is 0.497 e. The first-order chi connectivity index (χ1) is 8.72. The Hall–Kier alpha value is -1.52. The van der Waals surface area contributed by atoms with Crippen molar-refractivity contribution in [1.82, 2.24) is 0 Å². The summed E-state index contributed by atoms with van der Waals surface area (Å²) >= 11 is 3.41. The third-order valence-corrected chi connectivity index (χ3v) is 3.02. The molecule has 0 aliphatic heterocycles. The van der Waals surface area contributed by atoms with Gasteiger partial charge in [0.2, 0.25) is 0 Å². The molecule has 0 saturated carbocycles. The van der Waals surface area contributed by atoms with Crippen LogP contribution in [0.3, 0.4) is 0 Å². The molecule has 0 bridgehead atoms. The Balaban J connectivity index is 2.22. The van der Waals surface area contributed by atoms with Crippen LogP contribution < -0.4 is 15.2 Å². The summed E-state index contributed by atoms with van der Waals surface area (Å²) in [7, 11) is 1.64. The predicted octanol–water partition coefficient (Wildman–Crippen LogP) is 3.71. The predicted molar refractivity (Wildman–Crippen MR) is 75.1 cm³/mol. The number of benzene rings is 2. The molecule has 0 unspecified atom stereocenters. The highest BCUT2D eigenvalue weighted by Gasteiger charge is 2.04. The molecule has 0 aliphatic rings. The molecule has 0 spiro atoms. The maximum atomic E-state index is 5.80. The smallest absolute Gasteiger partial charge is 0.131 e. The van der Waals surface area contributed by atoms with Crippen molar-refractivity contribution in [2.75, 3.05) is 7.11 Å². The van der Waals surface area contributed by atoms with Crippen molar-refractivity contribution in [1.29, 1.82) is 0 Å². The summed E-state index contributed by atoms with van der Waals surface area (Å²) in [6.07, 6.45) is 0. The second-order valence-corrected chi connectivity index (χ2v) is 4.65. The summed E-state index contributed by atoms with van der Waals surface area (Å²) in [6, 6.07) is 13.2. The minimum Gasteiger partial charge on any atom is -0.497 e. The second-order valence-electron chi connectivity index (χ2n) is 3.73. The van der Waals surface area contributed by atoms with Crippen LogP contribution in [-0.2, 0) is 6.54 Å². The van der Waals surface area contributed by atoms with Gasteiger partial charge < -0.3 is 15.2 Å². The fourth-order valence-corrected chi connectivity index (χ4v) is 1.99. The zero-order valence-corrected chi connectivity index (χ0v) is 11.6. The van der Waals surface area contributed by atoms with Crippen LogP contribution in [0.2, 0.25) is 0 Å². The molecular weight excluding hydrogens is 294 g/mol. The SMILES string of the molecule is COc1ccc(Oc2ccc(Br)cc2CN)cc1. The fraction of sp³-hybridized carbons (Fsp3) is 0.143. The Kier molecular flexibility index (Phi) is 4.23. The van der Waals surface area contributed by atoms with Crippen molar-refractivity contribution in [2.45, 2.75) is 6.54 Å². The zero-order chi connectivity index (χ0) is 13.0. The van der Waals surface area contributed by atoms with Gasteiger partial charge in [-0.25, -0.2) is 0 Å². The van der Waals surface area contributed by atoms with Gasteiger partial charge in [0, 0.05) is 16.6 Å². The van der Waals surface area contributed by atoms with E-state index in [-0.39, 0.29) is 0 Å². The number of nitrogens with two attached hydrogens (primary N) is 1. The molecule has 3 nitrogen and oxygen atoms in total. The van der Waals surface area contributed by atoms with Crippen LogP contribution in [0.4, 0.5) is 0 Å². The monoisotopic (exact) mass is 307 g/mol. The van der Waals surface area contributed by atoms with Crippen molar-refractivity contribution in [3.05, 3.63) is 52.5 Å². The Morgan fingerprint density at radius 1 is 1.06 bits per heavy atom. The zero-order valence-electron chi connectivity index (χ0n) is 10.0. The van der Waals surface area contributed by atoms with Crippen LogP contribution in [0.1, 0.15) is 5.56 Å². The summed E-state index contributed by atoms with van der Waals surface area (Å²) in [5.41, 5.74) is 6.66. The van der Waals surface area contributed by atoms with E-state index >= 15 is 0 Å². The average Bonchev–Trinajstić information content (AvgIpc) is 2.41. The van der Waals surface area contributed by atoms with E-state index in [1.165, 1.54) is 0 Å². The molecule has 2 rings (SSSR count). The van der Waals surface area contributed by atoms with E-state index in [0.717, 1.165) is 27.3 Å². The molecule has 2 aromatic carbocycles. The van der Waals surface area contributed by atoms with Crippen LogP contribution in [-0.4, -0.2) is 7.11 Å². The molecule has 4 heteroatoms. The van der Waals surface area contributed by atoms with E-state index in [1.807, 2.05) is 42.5 Å². The standard InChI is InChI=1S/C14H14BrNO2/c1-17-12-3-5-13(6-4-12)18-14-7-2-11(15)8-10(14)9-16/h2-8H,9,16H2,1H3. The van der Waals surface area contributed by atoms with Gasteiger partial charge >= 0.3 is 0 Å². The van der Waals surface area contributed by atoms with Crippen molar-refractivity contribution < 1.29 is 9.47 Å². The van der Waals surface area contributed by atoms with Gasteiger partial charge in [0.1, 0.15) is 17.2 Å². The molecular formula is C14H14BrNO2. The minimum absolute atomic E-state index is 0.435. The first-order valence-corrected chi connectivity index (χ1v) is 6.32. The minimum atomic E-state index is 0.435. The van der Waals surface area contributed by atoms with Crippen LogP contribution in [0.5, 0.6) is 17.2 Å². The molecule has 0 atom stereocenters. The summed E-state index contributed by atoms with van der Waals surface area (Å²) in [5, 5.41) is 0. The Morgan fingerprint density at radius 2 is 1.72 bits per heavy atom. The lowest BCUT2D eigenvalue weighted by Gasteiger charge is -2.10. The number of hydrogen-bond donors (Lipinski definition) is 1. The number of rotatable bonds is 4. The van der Waals surface area contributed by atoms with E-state index in [0.29, 0.717) is 6.54 Å². The van der Waals surface area contributed by atoms with Gasteiger partial charge in [-0.3, -0.25) is 0 Å². The second kappa shape index (κ2) is 5.89. The lowest BCUT2D eigenvalue weighted by atomic mass is 10.2. The summed E-state index contributed by atoms with van der Waals surface area (Å²) in [5.74, 6) is 2.33. The average molecular weight is 308 g/mol. The van der Waals surface area contributed by atoms with Crippen LogP contribution in [0.25, 0.3) is 0 Å². The third kappa shape index (κ3) is 3.03. The van der Waals surface area contributed by atoms with E-state index in [2.05, 4.69) is 15.9 Å². The number of methoxy groups -OCH3 is 1. The maximum absolute atomic E-state index is 5.80. The highest BCUT2D eigenvalue weighted by Crippen LogP contribution is 2.28. The summed E-state index contributed by atoms with van der Waals surface area (Å²) in [4.78, 5) is 0. The molecule has 2 N–H and O–H groups in total. The van der Waals surface area contributed by atoms with Gasteiger partial charge in [-0.05, 0) is 42.5 Å². The van der Waals surface area contributed by atoms with Crippen molar-refractivity contribution in [2.24, 2.45) is 5.73 Å². The molecule has 18 heavy (non-hydrogen) atoms. The van der Waals surface area contributed by atoms with E-state index < -0.39 is 0 Å². The van der Waals surface area contributed by atoms with Gasteiger partial charge in [0.05, 0.1) is 7.11 Å². The van der Waals surface area contributed by atoms with Gasteiger partial charge in [0.25, 0.3) is 0 Å².